The van der Waals surface area contributed by atoms with Gasteiger partial charge in [-0.3, -0.25) is 4.79 Å². The Bertz CT molecular complexity index is 527. The smallest absolute Gasteiger partial charge is 0.222 e. The van der Waals surface area contributed by atoms with Crippen LogP contribution in [0.5, 0.6) is 5.75 Å². The van der Waals surface area contributed by atoms with Gasteiger partial charge in [-0.1, -0.05) is 12.5 Å². The number of hydrogen-bond donors (Lipinski definition) is 1. The summed E-state index contributed by atoms with van der Waals surface area (Å²) in [6.45, 7) is 0.603. The van der Waals surface area contributed by atoms with E-state index in [1.807, 2.05) is 25.4 Å². The molecule has 1 aromatic rings. The van der Waals surface area contributed by atoms with E-state index in [4.69, 9.17) is 10.5 Å². The van der Waals surface area contributed by atoms with Crippen LogP contribution in [0.4, 0.5) is 0 Å². The van der Waals surface area contributed by atoms with Crippen molar-refractivity contribution < 1.29 is 9.53 Å². The Hall–Kier alpha value is -0.910. The lowest BCUT2D eigenvalue weighted by Gasteiger charge is -2.21. The quantitative estimate of drug-likeness (QED) is 0.792. The van der Waals surface area contributed by atoms with Crippen LogP contribution in [0.25, 0.3) is 0 Å². The normalized spacial score (nSPS) is 20.0. The molecule has 6 heteroatoms. The number of benzene rings is 1. The largest absolute Gasteiger partial charge is 0.496 e. The third kappa shape index (κ3) is 5.30. The van der Waals surface area contributed by atoms with Gasteiger partial charge in [0.1, 0.15) is 5.75 Å². The predicted molar refractivity (Wildman–Crippen MR) is 98.4 cm³/mol. The standard InChI is InChI=1S/C17H26N2O2S.ClH/c1-19(17(20)10-13-5-4-6-14(13)18)11-12-7-8-16(22-3)15(9-12)21-2;/h7-9,13-14H,4-6,10-11,18H2,1-3H3;1H/t13-,14+;/m0./s1. The summed E-state index contributed by atoms with van der Waals surface area (Å²) >= 11 is 1.66. The fraction of sp³-hybridized carbons (Fsp3) is 0.588. The second-order valence-corrected chi connectivity index (χ2v) is 6.85. The van der Waals surface area contributed by atoms with Gasteiger partial charge in [0.15, 0.2) is 0 Å². The molecule has 23 heavy (non-hydrogen) atoms. The first-order chi connectivity index (χ1) is 10.5. The topological polar surface area (TPSA) is 55.6 Å². The summed E-state index contributed by atoms with van der Waals surface area (Å²) in [5.74, 6) is 1.39. The Morgan fingerprint density at radius 3 is 2.74 bits per heavy atom. The van der Waals surface area contributed by atoms with Crippen LogP contribution in [-0.4, -0.2) is 37.3 Å². The molecule has 2 N–H and O–H groups in total. The molecular weight excluding hydrogens is 332 g/mol. The van der Waals surface area contributed by atoms with Gasteiger partial charge in [0.05, 0.1) is 7.11 Å². The van der Waals surface area contributed by atoms with Crippen molar-refractivity contribution in [2.24, 2.45) is 11.7 Å². The number of amides is 1. The third-order valence-electron chi connectivity index (χ3n) is 4.45. The van der Waals surface area contributed by atoms with E-state index in [2.05, 4.69) is 6.07 Å². The number of nitrogens with two attached hydrogens (primary N) is 1. The van der Waals surface area contributed by atoms with Crippen LogP contribution in [0.15, 0.2) is 23.1 Å². The summed E-state index contributed by atoms with van der Waals surface area (Å²) in [6, 6.07) is 6.30. The summed E-state index contributed by atoms with van der Waals surface area (Å²) in [6.07, 6.45) is 5.87. The van der Waals surface area contributed by atoms with Gasteiger partial charge in [-0.25, -0.2) is 0 Å². The summed E-state index contributed by atoms with van der Waals surface area (Å²) in [5.41, 5.74) is 7.14. The van der Waals surface area contributed by atoms with E-state index in [1.165, 1.54) is 0 Å². The number of ether oxygens (including phenoxy) is 1. The summed E-state index contributed by atoms with van der Waals surface area (Å²) in [7, 11) is 3.53. The van der Waals surface area contributed by atoms with E-state index < -0.39 is 0 Å². The lowest BCUT2D eigenvalue weighted by molar-refractivity contribution is -0.131. The number of nitrogens with zero attached hydrogens (tertiary/aromatic N) is 1. The fourth-order valence-electron chi connectivity index (χ4n) is 3.04. The van der Waals surface area contributed by atoms with E-state index in [-0.39, 0.29) is 24.4 Å². The molecule has 1 saturated carbocycles. The highest BCUT2D eigenvalue weighted by atomic mass is 35.5. The first-order valence-electron chi connectivity index (χ1n) is 7.75. The van der Waals surface area contributed by atoms with Crippen LogP contribution in [0, 0.1) is 5.92 Å². The van der Waals surface area contributed by atoms with Crippen LogP contribution in [-0.2, 0) is 11.3 Å². The van der Waals surface area contributed by atoms with Gasteiger partial charge >= 0.3 is 0 Å². The number of rotatable bonds is 6. The zero-order valence-corrected chi connectivity index (χ0v) is 15.7. The van der Waals surface area contributed by atoms with Crippen molar-refractivity contribution in [1.29, 1.82) is 0 Å². The molecule has 1 aliphatic rings. The fourth-order valence-corrected chi connectivity index (χ4v) is 3.59. The molecule has 0 aliphatic heterocycles. The second-order valence-electron chi connectivity index (χ2n) is 6.00. The summed E-state index contributed by atoms with van der Waals surface area (Å²) in [5, 5.41) is 0. The van der Waals surface area contributed by atoms with Crippen LogP contribution in [0.2, 0.25) is 0 Å². The molecule has 2 atom stereocenters. The molecule has 0 bridgehead atoms. The number of methoxy groups -OCH3 is 1. The monoisotopic (exact) mass is 358 g/mol. The van der Waals surface area contributed by atoms with Crippen molar-refractivity contribution in [2.45, 2.75) is 43.2 Å². The van der Waals surface area contributed by atoms with Gasteiger partial charge in [-0.05, 0) is 42.7 Å². The zero-order valence-electron chi connectivity index (χ0n) is 14.1. The van der Waals surface area contributed by atoms with Crippen LogP contribution < -0.4 is 10.5 Å². The molecule has 130 valence electrons. The average Bonchev–Trinajstić information content (AvgIpc) is 2.92. The molecule has 1 fully saturated rings. The highest BCUT2D eigenvalue weighted by molar-refractivity contribution is 7.98. The third-order valence-corrected chi connectivity index (χ3v) is 5.23. The first kappa shape index (κ1) is 20.1. The minimum absolute atomic E-state index is 0. The van der Waals surface area contributed by atoms with E-state index >= 15 is 0 Å². The van der Waals surface area contributed by atoms with Crippen molar-refractivity contribution >= 4 is 30.1 Å². The number of carbonyl (C=O) groups excluding carboxylic acids is 1. The maximum absolute atomic E-state index is 12.4. The lowest BCUT2D eigenvalue weighted by atomic mass is 9.99. The minimum Gasteiger partial charge on any atom is -0.496 e. The Morgan fingerprint density at radius 2 is 2.17 bits per heavy atom. The van der Waals surface area contributed by atoms with Gasteiger partial charge in [0.2, 0.25) is 5.91 Å². The highest BCUT2D eigenvalue weighted by Gasteiger charge is 2.27. The van der Waals surface area contributed by atoms with Gasteiger partial charge in [-0.15, -0.1) is 24.2 Å². The molecule has 0 radical (unpaired) electrons. The molecule has 4 nitrogen and oxygen atoms in total. The maximum Gasteiger partial charge on any atom is 0.222 e. The minimum atomic E-state index is 0. The van der Waals surface area contributed by atoms with Crippen molar-refractivity contribution in [3.63, 3.8) is 0 Å². The van der Waals surface area contributed by atoms with Gasteiger partial charge in [-0.2, -0.15) is 0 Å². The van der Waals surface area contributed by atoms with Crippen molar-refractivity contribution in [2.75, 3.05) is 20.4 Å². The molecule has 0 spiro atoms. The Labute approximate surface area is 149 Å². The van der Waals surface area contributed by atoms with Crippen LogP contribution >= 0.6 is 24.2 Å². The van der Waals surface area contributed by atoms with E-state index in [9.17, 15) is 4.79 Å². The molecule has 1 amide bonds. The van der Waals surface area contributed by atoms with Gasteiger partial charge in [0, 0.05) is 31.0 Å². The summed E-state index contributed by atoms with van der Waals surface area (Å²) in [4.78, 5) is 15.3. The maximum atomic E-state index is 12.4. The molecule has 2 rings (SSSR count). The van der Waals surface area contributed by atoms with E-state index in [0.717, 1.165) is 35.5 Å². The van der Waals surface area contributed by atoms with Crippen LogP contribution in [0.1, 0.15) is 31.2 Å². The van der Waals surface area contributed by atoms with Crippen molar-refractivity contribution in [3.8, 4) is 5.75 Å². The van der Waals surface area contributed by atoms with E-state index in [1.54, 1.807) is 23.8 Å². The number of carbonyl (C=O) groups is 1. The Morgan fingerprint density at radius 1 is 1.43 bits per heavy atom. The Balaban J connectivity index is 0.00000264. The van der Waals surface area contributed by atoms with E-state index in [0.29, 0.717) is 18.9 Å². The SMILES string of the molecule is COc1cc(CN(C)C(=O)C[C@@H]2CCC[C@H]2N)ccc1SC.Cl. The molecule has 1 aromatic carbocycles. The molecule has 0 aromatic heterocycles. The second kappa shape index (κ2) is 9.40. The van der Waals surface area contributed by atoms with Crippen molar-refractivity contribution in [3.05, 3.63) is 23.8 Å². The average molecular weight is 359 g/mol. The zero-order chi connectivity index (χ0) is 16.1. The van der Waals surface area contributed by atoms with Crippen LogP contribution in [0.3, 0.4) is 0 Å². The molecule has 0 saturated heterocycles. The number of hydrogen-bond acceptors (Lipinski definition) is 4. The Kier molecular flexibility index (Phi) is 8.23. The molecule has 0 heterocycles. The van der Waals surface area contributed by atoms with Gasteiger partial charge < -0.3 is 15.4 Å². The molecule has 1 aliphatic carbocycles. The first-order valence-corrected chi connectivity index (χ1v) is 8.98. The number of thioether (sulfide) groups is 1. The molecule has 0 unspecified atom stereocenters. The lowest BCUT2D eigenvalue weighted by Crippen LogP contribution is -2.32. The number of halogens is 1. The van der Waals surface area contributed by atoms with Crippen molar-refractivity contribution in [1.82, 2.24) is 4.90 Å². The van der Waals surface area contributed by atoms with Gasteiger partial charge in [0.25, 0.3) is 0 Å². The molecular formula is C17H27ClN2O2S. The predicted octanol–water partition coefficient (Wildman–Crippen LogP) is 3.31. The summed E-state index contributed by atoms with van der Waals surface area (Å²) < 4.78 is 5.40. The highest BCUT2D eigenvalue weighted by Crippen LogP contribution is 2.29.